The lowest BCUT2D eigenvalue weighted by Crippen LogP contribution is -2.56. The Kier molecular flexibility index (Phi) is 3.95. The molecule has 0 bridgehead atoms. The average Bonchev–Trinajstić information content (AvgIpc) is 2.51. The summed E-state index contributed by atoms with van der Waals surface area (Å²) in [5.41, 5.74) is -0.650. The van der Waals surface area contributed by atoms with E-state index in [1.54, 1.807) is 11.6 Å². The van der Waals surface area contributed by atoms with Gasteiger partial charge in [-0.05, 0) is 20.7 Å². The zero-order chi connectivity index (χ0) is 12.5. The zero-order valence-corrected chi connectivity index (χ0v) is 10.4. The van der Waals surface area contributed by atoms with Crippen molar-refractivity contribution < 1.29 is 19.4 Å². The van der Waals surface area contributed by atoms with Crippen molar-refractivity contribution in [3.8, 4) is 0 Å². The molecule has 0 aliphatic carbocycles. The van der Waals surface area contributed by atoms with E-state index in [1.807, 2.05) is 13.8 Å². The predicted molar refractivity (Wildman–Crippen MR) is 59.3 cm³/mol. The van der Waals surface area contributed by atoms with Gasteiger partial charge in [-0.2, -0.15) is 0 Å². The van der Waals surface area contributed by atoms with Crippen LogP contribution in [0.4, 0.5) is 0 Å². The Bertz CT molecular complexity index is 272. The number of hydroxylamine groups is 2. The van der Waals surface area contributed by atoms with Gasteiger partial charge in [0.05, 0.1) is 13.7 Å². The van der Waals surface area contributed by atoms with Gasteiger partial charge in [-0.3, -0.25) is 14.4 Å². The quantitative estimate of drug-likeness (QED) is 0.525. The van der Waals surface area contributed by atoms with E-state index in [9.17, 15) is 9.82 Å². The van der Waals surface area contributed by atoms with Gasteiger partial charge in [0, 0.05) is 7.05 Å². The highest BCUT2D eigenvalue weighted by Gasteiger charge is 2.48. The highest BCUT2D eigenvalue weighted by Crippen LogP contribution is 2.28. The van der Waals surface area contributed by atoms with Crippen LogP contribution in [0.1, 0.15) is 13.8 Å². The molecule has 0 unspecified atom stereocenters. The fourth-order valence-electron chi connectivity index (χ4n) is 2.01. The number of likely N-dealkylation sites (N-methyl/N-ethyl adjacent to an activating group) is 1. The van der Waals surface area contributed by atoms with Gasteiger partial charge in [0.1, 0.15) is 11.8 Å². The van der Waals surface area contributed by atoms with E-state index in [2.05, 4.69) is 0 Å². The molecular weight excluding hydrogens is 211 g/mol. The van der Waals surface area contributed by atoms with E-state index >= 15 is 0 Å². The number of carbonyl (C=O) groups excluding carboxylic acids is 1. The summed E-state index contributed by atoms with van der Waals surface area (Å²) in [5.74, 6) is -0.228. The molecule has 1 saturated heterocycles. The molecule has 1 rings (SSSR count). The zero-order valence-electron chi connectivity index (χ0n) is 10.4. The van der Waals surface area contributed by atoms with Crippen LogP contribution >= 0.6 is 0 Å². The van der Waals surface area contributed by atoms with Crippen LogP contribution in [0, 0.1) is 0 Å². The van der Waals surface area contributed by atoms with Crippen molar-refractivity contribution >= 4 is 13.0 Å². The minimum atomic E-state index is -0.753. The second kappa shape index (κ2) is 4.71. The fraction of sp³-hybridized carbons (Fsp3) is 0.889. The Balaban J connectivity index is 2.85. The minimum Gasteiger partial charge on any atom is -0.437 e. The summed E-state index contributed by atoms with van der Waals surface area (Å²) < 4.78 is 5.51. The van der Waals surface area contributed by atoms with Crippen LogP contribution in [-0.2, 0) is 14.4 Å². The molecule has 1 aliphatic rings. The van der Waals surface area contributed by atoms with E-state index in [0.29, 0.717) is 0 Å². The number of carbonyl (C=O) groups is 1. The number of hydrogen-bond donors (Lipinski definition) is 1. The second-order valence-electron chi connectivity index (χ2n) is 4.33. The molecule has 1 heterocycles. The standard InChI is InChI=1S/C9H19BN2O4/c1-9(2)12(10(3)14)7(6-16-9)8(13)11(4)15-5/h7,14H,6H2,1-5H3/t7-/m1/s1. The Morgan fingerprint density at radius 1 is 1.69 bits per heavy atom. The van der Waals surface area contributed by atoms with Crippen molar-refractivity contribution in [2.45, 2.75) is 32.4 Å². The topological polar surface area (TPSA) is 62.2 Å². The molecule has 92 valence electrons. The number of amides is 1. The molecule has 1 fully saturated rings. The molecule has 0 radical (unpaired) electrons. The normalized spacial score (nSPS) is 24.5. The third kappa shape index (κ3) is 2.37. The van der Waals surface area contributed by atoms with Gasteiger partial charge in [-0.1, -0.05) is 0 Å². The highest BCUT2D eigenvalue weighted by molar-refractivity contribution is 6.46. The molecule has 0 aromatic rings. The van der Waals surface area contributed by atoms with Crippen molar-refractivity contribution in [3.63, 3.8) is 0 Å². The smallest absolute Gasteiger partial charge is 0.379 e. The molecular formula is C9H19BN2O4. The highest BCUT2D eigenvalue weighted by atomic mass is 16.7. The van der Waals surface area contributed by atoms with Gasteiger partial charge in [-0.15, -0.1) is 0 Å². The summed E-state index contributed by atoms with van der Waals surface area (Å²) in [7, 11) is 2.20. The molecule has 1 N–H and O–H groups in total. The monoisotopic (exact) mass is 230 g/mol. The van der Waals surface area contributed by atoms with Gasteiger partial charge in [0.25, 0.3) is 5.91 Å². The molecule has 0 aromatic carbocycles. The lowest BCUT2D eigenvalue weighted by atomic mass is 9.81. The largest absolute Gasteiger partial charge is 0.437 e. The lowest BCUT2D eigenvalue weighted by molar-refractivity contribution is -0.172. The summed E-state index contributed by atoms with van der Waals surface area (Å²) in [6.07, 6.45) is 0. The van der Waals surface area contributed by atoms with E-state index in [0.717, 1.165) is 5.06 Å². The Morgan fingerprint density at radius 3 is 2.69 bits per heavy atom. The molecule has 1 atom stereocenters. The molecule has 0 saturated carbocycles. The molecule has 6 nitrogen and oxygen atoms in total. The minimum absolute atomic E-state index is 0.228. The Hall–Kier alpha value is -0.625. The van der Waals surface area contributed by atoms with E-state index in [1.165, 1.54) is 14.2 Å². The van der Waals surface area contributed by atoms with Crippen LogP contribution in [0.15, 0.2) is 0 Å². The average molecular weight is 230 g/mol. The molecule has 7 heteroatoms. The maximum absolute atomic E-state index is 11.9. The Labute approximate surface area is 96.2 Å². The van der Waals surface area contributed by atoms with Crippen molar-refractivity contribution in [2.75, 3.05) is 20.8 Å². The van der Waals surface area contributed by atoms with Crippen LogP contribution in [0.5, 0.6) is 0 Å². The van der Waals surface area contributed by atoms with E-state index in [-0.39, 0.29) is 12.5 Å². The molecule has 1 aliphatic heterocycles. The SMILES string of the molecule is CON(C)C(=O)[C@H]1COC(C)(C)N1B(C)O. The van der Waals surface area contributed by atoms with Crippen LogP contribution in [0.25, 0.3) is 0 Å². The fourth-order valence-corrected chi connectivity index (χ4v) is 2.01. The van der Waals surface area contributed by atoms with Crippen LogP contribution < -0.4 is 0 Å². The maximum atomic E-state index is 11.9. The van der Waals surface area contributed by atoms with Gasteiger partial charge in [0.2, 0.25) is 0 Å². The van der Waals surface area contributed by atoms with Crippen LogP contribution in [0.2, 0.25) is 6.82 Å². The summed E-state index contributed by atoms with van der Waals surface area (Å²) >= 11 is 0. The third-order valence-corrected chi connectivity index (χ3v) is 2.82. The first-order valence-electron chi connectivity index (χ1n) is 5.23. The first kappa shape index (κ1) is 13.4. The van der Waals surface area contributed by atoms with Crippen LogP contribution in [-0.4, -0.2) is 60.4 Å². The van der Waals surface area contributed by atoms with Gasteiger partial charge >= 0.3 is 7.05 Å². The van der Waals surface area contributed by atoms with Crippen LogP contribution in [0.3, 0.4) is 0 Å². The first-order valence-corrected chi connectivity index (χ1v) is 5.23. The van der Waals surface area contributed by atoms with E-state index < -0.39 is 18.8 Å². The summed E-state index contributed by atoms with van der Waals surface area (Å²) in [5, 5.41) is 10.8. The van der Waals surface area contributed by atoms with Gasteiger partial charge in [0.15, 0.2) is 0 Å². The third-order valence-electron chi connectivity index (χ3n) is 2.82. The number of hydrogen-bond acceptors (Lipinski definition) is 5. The molecule has 16 heavy (non-hydrogen) atoms. The number of ether oxygens (including phenoxy) is 1. The first-order chi connectivity index (χ1) is 7.31. The lowest BCUT2D eigenvalue weighted by Gasteiger charge is -2.34. The van der Waals surface area contributed by atoms with Crippen molar-refractivity contribution in [2.24, 2.45) is 0 Å². The van der Waals surface area contributed by atoms with Gasteiger partial charge < -0.3 is 9.76 Å². The molecule has 0 spiro atoms. The van der Waals surface area contributed by atoms with Crippen molar-refractivity contribution in [3.05, 3.63) is 0 Å². The summed E-state index contributed by atoms with van der Waals surface area (Å²) in [4.78, 5) is 18.4. The van der Waals surface area contributed by atoms with Crippen molar-refractivity contribution in [1.82, 2.24) is 9.87 Å². The van der Waals surface area contributed by atoms with Gasteiger partial charge in [-0.25, -0.2) is 5.06 Å². The molecule has 1 amide bonds. The Morgan fingerprint density at radius 2 is 2.25 bits per heavy atom. The second-order valence-corrected chi connectivity index (χ2v) is 4.33. The predicted octanol–water partition coefficient (Wildman–Crippen LogP) is -0.447. The molecule has 0 aromatic heterocycles. The summed E-state index contributed by atoms with van der Waals surface area (Å²) in [6.45, 7) is 5.51. The summed E-state index contributed by atoms with van der Waals surface area (Å²) in [6, 6.07) is -0.514. The number of rotatable bonds is 3. The van der Waals surface area contributed by atoms with E-state index in [4.69, 9.17) is 9.57 Å². The van der Waals surface area contributed by atoms with Crippen molar-refractivity contribution in [1.29, 1.82) is 0 Å². The maximum Gasteiger partial charge on any atom is 0.379 e. The number of nitrogens with zero attached hydrogens (tertiary/aromatic N) is 2.